The lowest BCUT2D eigenvalue weighted by Crippen LogP contribution is -2.17. The van der Waals surface area contributed by atoms with Gasteiger partial charge in [-0.25, -0.2) is 4.98 Å². The van der Waals surface area contributed by atoms with Gasteiger partial charge in [-0.1, -0.05) is 6.07 Å². The molecule has 0 spiro atoms. The topological polar surface area (TPSA) is 36.3 Å². The van der Waals surface area contributed by atoms with E-state index in [2.05, 4.69) is 15.6 Å². The van der Waals surface area contributed by atoms with Crippen molar-refractivity contribution in [3.8, 4) is 5.75 Å². The van der Waals surface area contributed by atoms with Gasteiger partial charge < -0.3 is 14.0 Å². The molecule has 5 heteroatoms. The second-order valence-electron chi connectivity index (χ2n) is 5.16. The first-order valence-electron chi connectivity index (χ1n) is 6.99. The van der Waals surface area contributed by atoms with E-state index in [0.29, 0.717) is 0 Å². The third kappa shape index (κ3) is 2.38. The van der Waals surface area contributed by atoms with E-state index in [0.717, 1.165) is 48.6 Å². The van der Waals surface area contributed by atoms with E-state index in [1.165, 1.54) is 0 Å². The Morgan fingerprint density at radius 3 is 3.05 bits per heavy atom. The van der Waals surface area contributed by atoms with Crippen LogP contribution in [0.5, 0.6) is 5.75 Å². The summed E-state index contributed by atoms with van der Waals surface area (Å²) in [6.07, 6.45) is 2.49. The minimum atomic E-state index is -0.145. The second kappa shape index (κ2) is 5.62. The van der Waals surface area contributed by atoms with Crippen molar-refractivity contribution >= 4 is 22.6 Å². The fraction of sp³-hybridized carbons (Fsp3) is 0.533. The molecule has 1 fully saturated rings. The minimum Gasteiger partial charge on any atom is -0.494 e. The highest BCUT2D eigenvalue weighted by Gasteiger charge is 2.22. The molecule has 0 aliphatic carbocycles. The van der Waals surface area contributed by atoms with Crippen LogP contribution in [0.1, 0.15) is 31.0 Å². The molecule has 4 nitrogen and oxygen atoms in total. The predicted molar refractivity (Wildman–Crippen MR) is 79.5 cm³/mol. The molecule has 1 aromatic heterocycles. The number of aromatic nitrogens is 2. The van der Waals surface area contributed by atoms with E-state index in [9.17, 15) is 0 Å². The SMILES string of the molecule is COc1cccc2c1nc(C(C)Cl)n2CC1CCCO1. The van der Waals surface area contributed by atoms with Gasteiger partial charge in [-0.3, -0.25) is 0 Å². The molecule has 2 unspecified atom stereocenters. The summed E-state index contributed by atoms with van der Waals surface area (Å²) < 4.78 is 13.3. The Bertz CT molecular complexity index is 603. The summed E-state index contributed by atoms with van der Waals surface area (Å²) in [5.41, 5.74) is 1.93. The number of imidazole rings is 1. The largest absolute Gasteiger partial charge is 0.494 e. The summed E-state index contributed by atoms with van der Waals surface area (Å²) in [6, 6.07) is 5.97. The van der Waals surface area contributed by atoms with Crippen LogP contribution in [0.15, 0.2) is 18.2 Å². The van der Waals surface area contributed by atoms with Crippen molar-refractivity contribution in [3.63, 3.8) is 0 Å². The minimum absolute atomic E-state index is 0.145. The first-order chi connectivity index (χ1) is 9.70. The zero-order chi connectivity index (χ0) is 14.1. The van der Waals surface area contributed by atoms with Gasteiger partial charge in [-0.15, -0.1) is 11.6 Å². The number of benzene rings is 1. The Morgan fingerprint density at radius 2 is 2.40 bits per heavy atom. The van der Waals surface area contributed by atoms with E-state index >= 15 is 0 Å². The molecule has 2 aromatic rings. The van der Waals surface area contributed by atoms with Crippen LogP contribution in [0.4, 0.5) is 0 Å². The lowest BCUT2D eigenvalue weighted by atomic mass is 10.2. The van der Waals surface area contributed by atoms with Gasteiger partial charge in [0, 0.05) is 6.61 Å². The summed E-state index contributed by atoms with van der Waals surface area (Å²) in [5, 5.41) is -0.145. The molecule has 3 rings (SSSR count). The number of nitrogens with zero attached hydrogens (tertiary/aromatic N) is 2. The molecule has 0 amide bonds. The van der Waals surface area contributed by atoms with Gasteiger partial charge in [0.1, 0.15) is 17.1 Å². The summed E-state index contributed by atoms with van der Waals surface area (Å²) in [6.45, 7) is 3.60. The van der Waals surface area contributed by atoms with Crippen LogP contribution in [0, 0.1) is 0 Å². The zero-order valence-corrected chi connectivity index (χ0v) is 12.6. The van der Waals surface area contributed by atoms with E-state index in [4.69, 9.17) is 21.1 Å². The van der Waals surface area contributed by atoms with Crippen molar-refractivity contribution in [1.29, 1.82) is 0 Å². The Balaban J connectivity index is 2.08. The molecule has 1 aliphatic heterocycles. The zero-order valence-electron chi connectivity index (χ0n) is 11.8. The number of fused-ring (bicyclic) bond motifs is 1. The Kier molecular flexibility index (Phi) is 3.85. The Morgan fingerprint density at radius 1 is 1.55 bits per heavy atom. The third-order valence-corrected chi connectivity index (χ3v) is 3.95. The van der Waals surface area contributed by atoms with E-state index in [-0.39, 0.29) is 11.5 Å². The third-order valence-electron chi connectivity index (χ3n) is 3.76. The molecule has 108 valence electrons. The van der Waals surface area contributed by atoms with E-state index in [1.807, 2.05) is 19.1 Å². The van der Waals surface area contributed by atoms with Crippen molar-refractivity contribution in [2.75, 3.05) is 13.7 Å². The maximum atomic E-state index is 6.30. The molecule has 1 saturated heterocycles. The first-order valence-corrected chi connectivity index (χ1v) is 7.43. The smallest absolute Gasteiger partial charge is 0.146 e. The maximum absolute atomic E-state index is 6.30. The summed E-state index contributed by atoms with van der Waals surface area (Å²) >= 11 is 6.30. The number of hydrogen-bond acceptors (Lipinski definition) is 3. The van der Waals surface area contributed by atoms with Crippen LogP contribution in [0.3, 0.4) is 0 Å². The molecule has 20 heavy (non-hydrogen) atoms. The standard InChI is InChI=1S/C15H19ClN2O2/c1-10(16)15-17-14-12(6-3-7-13(14)19-2)18(15)9-11-5-4-8-20-11/h3,6-7,10-11H,4-5,8-9H2,1-2H3. The van der Waals surface area contributed by atoms with Crippen molar-refractivity contribution < 1.29 is 9.47 Å². The normalized spacial score (nSPS) is 20.4. The predicted octanol–water partition coefficient (Wildman–Crippen LogP) is 3.52. The highest BCUT2D eigenvalue weighted by molar-refractivity contribution is 6.20. The van der Waals surface area contributed by atoms with E-state index in [1.54, 1.807) is 7.11 Å². The van der Waals surface area contributed by atoms with Crippen LogP contribution in [0.2, 0.25) is 0 Å². The van der Waals surface area contributed by atoms with Gasteiger partial charge in [0.05, 0.1) is 30.7 Å². The molecule has 2 atom stereocenters. The number of alkyl halides is 1. The van der Waals surface area contributed by atoms with Gasteiger partial charge in [0.15, 0.2) is 0 Å². The average Bonchev–Trinajstić information content (AvgIpc) is 3.07. The van der Waals surface area contributed by atoms with Gasteiger partial charge in [0.25, 0.3) is 0 Å². The molecule has 0 bridgehead atoms. The number of methoxy groups -OCH3 is 1. The average molecular weight is 295 g/mol. The van der Waals surface area contributed by atoms with Crippen molar-refractivity contribution in [3.05, 3.63) is 24.0 Å². The maximum Gasteiger partial charge on any atom is 0.146 e. The molecule has 0 N–H and O–H groups in total. The summed E-state index contributed by atoms with van der Waals surface area (Å²) in [7, 11) is 1.66. The molecule has 1 aliphatic rings. The number of hydrogen-bond donors (Lipinski definition) is 0. The first kappa shape index (κ1) is 13.7. The Hall–Kier alpha value is -1.26. The van der Waals surface area contributed by atoms with Gasteiger partial charge in [-0.05, 0) is 31.9 Å². The van der Waals surface area contributed by atoms with Crippen LogP contribution in [-0.4, -0.2) is 29.4 Å². The molecular formula is C15H19ClN2O2. The number of ether oxygens (including phenoxy) is 2. The highest BCUT2D eigenvalue weighted by Crippen LogP contribution is 2.31. The molecule has 0 radical (unpaired) electrons. The van der Waals surface area contributed by atoms with Gasteiger partial charge >= 0.3 is 0 Å². The quantitative estimate of drug-likeness (QED) is 0.810. The van der Waals surface area contributed by atoms with Gasteiger partial charge in [0.2, 0.25) is 0 Å². The van der Waals surface area contributed by atoms with Crippen molar-refractivity contribution in [2.24, 2.45) is 0 Å². The van der Waals surface area contributed by atoms with Crippen molar-refractivity contribution in [1.82, 2.24) is 9.55 Å². The lowest BCUT2D eigenvalue weighted by molar-refractivity contribution is 0.0972. The van der Waals surface area contributed by atoms with Gasteiger partial charge in [-0.2, -0.15) is 0 Å². The molecule has 0 saturated carbocycles. The molecular weight excluding hydrogens is 276 g/mol. The molecule has 1 aromatic carbocycles. The van der Waals surface area contributed by atoms with Crippen LogP contribution >= 0.6 is 11.6 Å². The number of para-hydroxylation sites is 1. The second-order valence-corrected chi connectivity index (χ2v) is 5.81. The summed E-state index contributed by atoms with van der Waals surface area (Å²) in [4.78, 5) is 4.68. The van der Waals surface area contributed by atoms with E-state index < -0.39 is 0 Å². The highest BCUT2D eigenvalue weighted by atomic mass is 35.5. The van der Waals surface area contributed by atoms with Crippen LogP contribution in [0.25, 0.3) is 11.0 Å². The number of rotatable bonds is 4. The fourth-order valence-corrected chi connectivity index (χ4v) is 2.96. The van der Waals surface area contributed by atoms with Crippen LogP contribution < -0.4 is 4.74 Å². The number of halogens is 1. The monoisotopic (exact) mass is 294 g/mol. The Labute approximate surface area is 123 Å². The van der Waals surface area contributed by atoms with Crippen LogP contribution in [-0.2, 0) is 11.3 Å². The van der Waals surface area contributed by atoms with Crippen molar-refractivity contribution in [2.45, 2.75) is 37.8 Å². The fourth-order valence-electron chi connectivity index (χ4n) is 2.79. The lowest BCUT2D eigenvalue weighted by Gasteiger charge is -2.15. The summed E-state index contributed by atoms with van der Waals surface area (Å²) in [5.74, 6) is 1.66. The molecule has 2 heterocycles.